The van der Waals surface area contributed by atoms with Crippen molar-refractivity contribution in [3.8, 4) is 0 Å². The molecule has 0 radical (unpaired) electrons. The van der Waals surface area contributed by atoms with E-state index in [9.17, 15) is 0 Å². The number of alkyl halides is 1. The molecule has 0 N–H and O–H groups in total. The van der Waals surface area contributed by atoms with Crippen molar-refractivity contribution in [2.24, 2.45) is 0 Å². The summed E-state index contributed by atoms with van der Waals surface area (Å²) in [5, 5.41) is 0. The lowest BCUT2D eigenvalue weighted by atomic mass is 10.0. The van der Waals surface area contributed by atoms with Gasteiger partial charge in [-0.25, -0.2) is 0 Å². The van der Waals surface area contributed by atoms with E-state index in [1.165, 1.54) is 51.9 Å². The Morgan fingerprint density at radius 2 is 1.69 bits per heavy atom. The molecule has 94 valence electrons. The first-order chi connectivity index (χ1) is 7.74. The van der Waals surface area contributed by atoms with Crippen molar-refractivity contribution >= 4 is 15.9 Å². The highest BCUT2D eigenvalue weighted by atomic mass is 79.9. The number of likely N-dealkylation sites (N-methyl/N-ethyl adjacent to an activating group) is 1. The molecule has 2 fully saturated rings. The van der Waals surface area contributed by atoms with Crippen LogP contribution in [0.2, 0.25) is 0 Å². The standard InChI is InChI=1S/C13H25BrN2/c1-3-15(4-2)7-8-16-12-5-6-13(16)10-11(14)9-12/h11-13H,3-10H2,1-2H3. The zero-order valence-electron chi connectivity index (χ0n) is 10.7. The molecule has 0 saturated carbocycles. The van der Waals surface area contributed by atoms with Gasteiger partial charge in [-0.1, -0.05) is 29.8 Å². The van der Waals surface area contributed by atoms with Crippen molar-refractivity contribution in [2.45, 2.75) is 56.4 Å². The Morgan fingerprint density at radius 3 is 2.19 bits per heavy atom. The van der Waals surface area contributed by atoms with E-state index in [-0.39, 0.29) is 0 Å². The average molecular weight is 289 g/mol. The van der Waals surface area contributed by atoms with Crippen molar-refractivity contribution in [3.63, 3.8) is 0 Å². The Labute approximate surface area is 108 Å². The van der Waals surface area contributed by atoms with Crippen molar-refractivity contribution < 1.29 is 0 Å². The van der Waals surface area contributed by atoms with E-state index in [0.29, 0.717) is 0 Å². The van der Waals surface area contributed by atoms with Gasteiger partial charge in [0.2, 0.25) is 0 Å². The maximum atomic E-state index is 3.81. The van der Waals surface area contributed by atoms with Gasteiger partial charge in [0.1, 0.15) is 0 Å². The summed E-state index contributed by atoms with van der Waals surface area (Å²) in [5.74, 6) is 0. The van der Waals surface area contributed by atoms with E-state index in [1.54, 1.807) is 0 Å². The third-order valence-electron chi connectivity index (χ3n) is 4.40. The second-order valence-corrected chi connectivity index (χ2v) is 6.51. The predicted octanol–water partition coefficient (Wildman–Crippen LogP) is 2.72. The summed E-state index contributed by atoms with van der Waals surface area (Å²) < 4.78 is 0. The predicted molar refractivity (Wildman–Crippen MR) is 73.3 cm³/mol. The Balaban J connectivity index is 1.82. The van der Waals surface area contributed by atoms with Gasteiger partial charge in [-0.3, -0.25) is 4.90 Å². The number of hydrogen-bond acceptors (Lipinski definition) is 2. The van der Waals surface area contributed by atoms with Gasteiger partial charge in [-0.15, -0.1) is 0 Å². The Bertz CT molecular complexity index is 204. The van der Waals surface area contributed by atoms with Crippen LogP contribution in [0.3, 0.4) is 0 Å². The first-order valence-corrected chi connectivity index (χ1v) is 7.78. The van der Waals surface area contributed by atoms with Crippen molar-refractivity contribution in [3.05, 3.63) is 0 Å². The number of piperidine rings is 1. The topological polar surface area (TPSA) is 6.48 Å². The SMILES string of the molecule is CCN(CC)CCN1C2CCC1CC(Br)C2. The summed E-state index contributed by atoms with van der Waals surface area (Å²) in [7, 11) is 0. The normalized spacial score (nSPS) is 34.9. The first kappa shape index (κ1) is 12.8. The van der Waals surface area contributed by atoms with Crippen LogP contribution in [-0.2, 0) is 0 Å². The molecule has 0 aromatic heterocycles. The van der Waals surface area contributed by atoms with E-state index in [0.717, 1.165) is 16.9 Å². The van der Waals surface area contributed by atoms with Crippen LogP contribution in [0.4, 0.5) is 0 Å². The fraction of sp³-hybridized carbons (Fsp3) is 1.00. The zero-order chi connectivity index (χ0) is 11.5. The van der Waals surface area contributed by atoms with E-state index in [1.807, 2.05) is 0 Å². The highest BCUT2D eigenvalue weighted by Crippen LogP contribution is 2.38. The van der Waals surface area contributed by atoms with Gasteiger partial charge in [0.15, 0.2) is 0 Å². The van der Waals surface area contributed by atoms with Gasteiger partial charge >= 0.3 is 0 Å². The second-order valence-electron chi connectivity index (χ2n) is 5.22. The van der Waals surface area contributed by atoms with Crippen LogP contribution in [-0.4, -0.2) is 52.9 Å². The lowest BCUT2D eigenvalue weighted by molar-refractivity contribution is 0.125. The molecule has 0 aromatic carbocycles. The lowest BCUT2D eigenvalue weighted by Gasteiger charge is -2.38. The summed E-state index contributed by atoms with van der Waals surface area (Å²) in [6, 6.07) is 1.75. The fourth-order valence-electron chi connectivity index (χ4n) is 3.37. The quantitative estimate of drug-likeness (QED) is 0.718. The molecule has 16 heavy (non-hydrogen) atoms. The molecule has 0 amide bonds. The Kier molecular flexibility index (Phi) is 4.68. The van der Waals surface area contributed by atoms with Crippen LogP contribution in [0, 0.1) is 0 Å². The molecule has 2 nitrogen and oxygen atoms in total. The molecule has 2 bridgehead atoms. The minimum Gasteiger partial charge on any atom is -0.303 e. The molecular weight excluding hydrogens is 264 g/mol. The van der Waals surface area contributed by atoms with Crippen LogP contribution in [0.25, 0.3) is 0 Å². The minimum atomic E-state index is 0.787. The molecule has 2 unspecified atom stereocenters. The van der Waals surface area contributed by atoms with Crippen LogP contribution < -0.4 is 0 Å². The van der Waals surface area contributed by atoms with E-state index >= 15 is 0 Å². The summed E-state index contributed by atoms with van der Waals surface area (Å²) in [4.78, 5) is 6.12. The van der Waals surface area contributed by atoms with Crippen molar-refractivity contribution in [1.29, 1.82) is 0 Å². The van der Waals surface area contributed by atoms with Gasteiger partial charge < -0.3 is 4.90 Å². The Hall–Kier alpha value is 0.400. The molecule has 0 aliphatic carbocycles. The number of rotatable bonds is 5. The molecular formula is C13H25BrN2. The van der Waals surface area contributed by atoms with E-state index < -0.39 is 0 Å². The molecule has 3 heteroatoms. The minimum absolute atomic E-state index is 0.787. The molecule has 0 aromatic rings. The van der Waals surface area contributed by atoms with E-state index in [4.69, 9.17) is 0 Å². The number of nitrogens with zero attached hydrogens (tertiary/aromatic N) is 2. The van der Waals surface area contributed by atoms with Crippen molar-refractivity contribution in [2.75, 3.05) is 26.2 Å². The molecule has 2 atom stereocenters. The average Bonchev–Trinajstić information content (AvgIpc) is 2.53. The van der Waals surface area contributed by atoms with Gasteiger partial charge in [0, 0.05) is 30.0 Å². The molecule has 0 spiro atoms. The largest absolute Gasteiger partial charge is 0.303 e. The maximum Gasteiger partial charge on any atom is 0.0175 e. The highest BCUT2D eigenvalue weighted by molar-refractivity contribution is 9.09. The van der Waals surface area contributed by atoms with Gasteiger partial charge in [0.05, 0.1) is 0 Å². The highest BCUT2D eigenvalue weighted by Gasteiger charge is 2.39. The third kappa shape index (κ3) is 2.80. The number of halogens is 1. The third-order valence-corrected chi connectivity index (χ3v) is 5.14. The van der Waals surface area contributed by atoms with Crippen LogP contribution in [0.1, 0.15) is 39.5 Å². The summed E-state index contributed by atoms with van der Waals surface area (Å²) in [6.45, 7) is 9.47. The molecule has 2 heterocycles. The fourth-order valence-corrected chi connectivity index (χ4v) is 4.23. The van der Waals surface area contributed by atoms with Gasteiger partial charge in [0.25, 0.3) is 0 Å². The first-order valence-electron chi connectivity index (χ1n) is 6.86. The maximum absolute atomic E-state index is 3.81. The van der Waals surface area contributed by atoms with Crippen molar-refractivity contribution in [1.82, 2.24) is 9.80 Å². The zero-order valence-corrected chi connectivity index (χ0v) is 12.2. The summed E-state index contributed by atoms with van der Waals surface area (Å²) in [5.41, 5.74) is 0. The smallest absolute Gasteiger partial charge is 0.0175 e. The second kappa shape index (κ2) is 5.83. The van der Waals surface area contributed by atoms with Gasteiger partial charge in [-0.05, 0) is 38.8 Å². The number of hydrogen-bond donors (Lipinski definition) is 0. The van der Waals surface area contributed by atoms with Crippen LogP contribution >= 0.6 is 15.9 Å². The molecule has 2 saturated heterocycles. The monoisotopic (exact) mass is 288 g/mol. The summed E-state index contributed by atoms with van der Waals surface area (Å²) >= 11 is 3.81. The summed E-state index contributed by atoms with van der Waals surface area (Å²) in [6.07, 6.45) is 5.61. The van der Waals surface area contributed by atoms with Gasteiger partial charge in [-0.2, -0.15) is 0 Å². The molecule has 2 aliphatic rings. The van der Waals surface area contributed by atoms with E-state index in [2.05, 4.69) is 39.6 Å². The van der Waals surface area contributed by atoms with Crippen LogP contribution in [0.5, 0.6) is 0 Å². The molecule has 2 aliphatic heterocycles. The Morgan fingerprint density at radius 1 is 1.12 bits per heavy atom. The number of fused-ring (bicyclic) bond motifs is 2. The lowest BCUT2D eigenvalue weighted by Crippen LogP contribution is -2.46. The van der Waals surface area contributed by atoms with Crippen LogP contribution in [0.15, 0.2) is 0 Å². The molecule has 2 rings (SSSR count).